The molecular weight excluding hydrogens is 353 g/mol. The lowest BCUT2D eigenvalue weighted by Crippen LogP contribution is -2.00. The van der Waals surface area contributed by atoms with E-state index in [2.05, 4.69) is 21.3 Å². The summed E-state index contributed by atoms with van der Waals surface area (Å²) in [5.74, 6) is 0.892. The molecule has 0 fully saturated rings. The Bertz CT molecular complexity index is 873. The Hall–Kier alpha value is -2.07. The van der Waals surface area contributed by atoms with E-state index in [0.29, 0.717) is 21.0 Å². The summed E-state index contributed by atoms with van der Waals surface area (Å²) in [7, 11) is 0. The van der Waals surface area contributed by atoms with Gasteiger partial charge in [-0.1, -0.05) is 35.0 Å². The van der Waals surface area contributed by atoms with Crippen LogP contribution in [0.2, 0.25) is 10.0 Å². The summed E-state index contributed by atoms with van der Waals surface area (Å²) < 4.78 is 1.83. The number of nitrogens with zero attached hydrogens (tertiary/aromatic N) is 5. The maximum atomic E-state index is 8.82. The summed E-state index contributed by atoms with van der Waals surface area (Å²) in [4.78, 5) is 4.11. The molecule has 0 aliphatic heterocycles. The lowest BCUT2D eigenvalue weighted by atomic mass is 10.2. The van der Waals surface area contributed by atoms with Crippen molar-refractivity contribution in [1.82, 2.24) is 19.7 Å². The van der Waals surface area contributed by atoms with Crippen molar-refractivity contribution in [3.63, 3.8) is 0 Å². The summed E-state index contributed by atoms with van der Waals surface area (Å²) >= 11 is 13.4. The maximum absolute atomic E-state index is 8.82. The molecule has 0 saturated heterocycles. The third-order valence-electron chi connectivity index (χ3n) is 2.98. The zero-order valence-electron chi connectivity index (χ0n) is 11.6. The first-order valence-electron chi connectivity index (χ1n) is 6.51. The molecule has 8 heteroatoms. The fourth-order valence-electron chi connectivity index (χ4n) is 2.00. The molecule has 0 aliphatic rings. The summed E-state index contributed by atoms with van der Waals surface area (Å²) in [6.45, 7) is 0. The lowest BCUT2D eigenvalue weighted by molar-refractivity contribution is 0.887. The van der Waals surface area contributed by atoms with E-state index in [9.17, 15) is 0 Å². The molecule has 0 spiro atoms. The first-order chi connectivity index (χ1) is 11.2. The van der Waals surface area contributed by atoms with E-state index in [-0.39, 0.29) is 5.75 Å². The van der Waals surface area contributed by atoms with E-state index in [4.69, 9.17) is 28.5 Å². The van der Waals surface area contributed by atoms with Gasteiger partial charge in [0.15, 0.2) is 11.0 Å². The van der Waals surface area contributed by atoms with Crippen LogP contribution in [0.25, 0.3) is 17.1 Å². The summed E-state index contributed by atoms with van der Waals surface area (Å²) in [6, 6.07) is 11.1. The van der Waals surface area contributed by atoms with E-state index >= 15 is 0 Å². The van der Waals surface area contributed by atoms with Crippen molar-refractivity contribution in [1.29, 1.82) is 5.26 Å². The summed E-state index contributed by atoms with van der Waals surface area (Å²) in [5.41, 5.74) is 1.58. The number of nitriles is 1. The number of hydrogen-bond acceptors (Lipinski definition) is 5. The normalized spacial score (nSPS) is 10.5. The van der Waals surface area contributed by atoms with Crippen LogP contribution in [0.5, 0.6) is 0 Å². The lowest BCUT2D eigenvalue weighted by Gasteiger charge is -2.10. The number of pyridine rings is 1. The smallest absolute Gasteiger partial charge is 0.197 e. The molecule has 0 atom stereocenters. The van der Waals surface area contributed by atoms with Crippen LogP contribution in [0.1, 0.15) is 0 Å². The maximum Gasteiger partial charge on any atom is 0.197 e. The Labute approximate surface area is 146 Å². The summed E-state index contributed by atoms with van der Waals surface area (Å²) in [6.07, 6.45) is 3.39. The van der Waals surface area contributed by atoms with Crippen LogP contribution in [0, 0.1) is 11.3 Å². The van der Waals surface area contributed by atoms with Crippen molar-refractivity contribution in [2.24, 2.45) is 0 Å². The third kappa shape index (κ3) is 3.32. The van der Waals surface area contributed by atoms with Gasteiger partial charge in [0.05, 0.1) is 27.6 Å². The molecule has 0 unspecified atom stereocenters. The monoisotopic (exact) mass is 361 g/mol. The molecular formula is C15H9Cl2N5S. The molecule has 23 heavy (non-hydrogen) atoms. The van der Waals surface area contributed by atoms with Gasteiger partial charge in [0.25, 0.3) is 0 Å². The molecule has 114 valence electrons. The zero-order chi connectivity index (χ0) is 16.2. The number of benzene rings is 1. The zero-order valence-corrected chi connectivity index (χ0v) is 14.0. The van der Waals surface area contributed by atoms with E-state index in [1.807, 2.05) is 22.8 Å². The average Bonchev–Trinajstić information content (AvgIpc) is 3.00. The van der Waals surface area contributed by atoms with Crippen LogP contribution in [-0.2, 0) is 0 Å². The van der Waals surface area contributed by atoms with Gasteiger partial charge in [-0.15, -0.1) is 10.2 Å². The molecule has 0 saturated carbocycles. The van der Waals surface area contributed by atoms with E-state index < -0.39 is 0 Å². The first-order valence-corrected chi connectivity index (χ1v) is 8.26. The highest BCUT2D eigenvalue weighted by atomic mass is 35.5. The van der Waals surface area contributed by atoms with Gasteiger partial charge in [-0.05, 0) is 30.3 Å². The number of thioether (sulfide) groups is 1. The van der Waals surface area contributed by atoms with Gasteiger partial charge in [0.1, 0.15) is 0 Å². The minimum absolute atomic E-state index is 0.270. The Morgan fingerprint density at radius 1 is 1.17 bits per heavy atom. The molecule has 2 heterocycles. The van der Waals surface area contributed by atoms with Gasteiger partial charge >= 0.3 is 0 Å². The number of hydrogen-bond donors (Lipinski definition) is 0. The Kier molecular flexibility index (Phi) is 4.82. The fraction of sp³-hybridized carbons (Fsp3) is 0.0667. The second-order valence-electron chi connectivity index (χ2n) is 4.43. The fourth-order valence-corrected chi connectivity index (χ4v) is 2.90. The molecule has 5 nitrogen and oxygen atoms in total. The number of rotatable bonds is 4. The summed E-state index contributed by atoms with van der Waals surface area (Å²) in [5, 5.41) is 18.7. The molecule has 0 amide bonds. The van der Waals surface area contributed by atoms with E-state index in [0.717, 1.165) is 11.3 Å². The van der Waals surface area contributed by atoms with E-state index in [1.54, 1.807) is 24.5 Å². The Balaban J connectivity index is 2.16. The highest BCUT2D eigenvalue weighted by Crippen LogP contribution is 2.30. The van der Waals surface area contributed by atoms with Crippen molar-refractivity contribution in [3.05, 3.63) is 52.8 Å². The highest BCUT2D eigenvalue weighted by molar-refractivity contribution is 7.99. The van der Waals surface area contributed by atoms with Gasteiger partial charge in [0, 0.05) is 18.0 Å². The van der Waals surface area contributed by atoms with Gasteiger partial charge in [-0.3, -0.25) is 9.55 Å². The van der Waals surface area contributed by atoms with Crippen LogP contribution in [-0.4, -0.2) is 25.5 Å². The van der Waals surface area contributed by atoms with Crippen molar-refractivity contribution < 1.29 is 0 Å². The standard InChI is InChI=1S/C15H9Cl2N5S/c16-12-4-3-11(8-13(12)17)22-14(10-2-1-6-19-9-10)20-21-15(22)23-7-5-18/h1-4,6,8-9H,7H2. The van der Waals surface area contributed by atoms with Crippen molar-refractivity contribution in [3.8, 4) is 23.1 Å². The van der Waals surface area contributed by atoms with Gasteiger partial charge < -0.3 is 0 Å². The Morgan fingerprint density at radius 3 is 2.74 bits per heavy atom. The van der Waals surface area contributed by atoms with Gasteiger partial charge in [0.2, 0.25) is 0 Å². The molecule has 3 aromatic rings. The first kappa shape index (κ1) is 15.8. The Morgan fingerprint density at radius 2 is 2.04 bits per heavy atom. The minimum Gasteiger partial charge on any atom is -0.270 e. The molecule has 0 radical (unpaired) electrons. The van der Waals surface area contributed by atoms with Crippen LogP contribution >= 0.6 is 35.0 Å². The van der Waals surface area contributed by atoms with Crippen LogP contribution in [0.3, 0.4) is 0 Å². The van der Waals surface area contributed by atoms with Crippen LogP contribution in [0.4, 0.5) is 0 Å². The molecule has 0 bridgehead atoms. The van der Waals surface area contributed by atoms with Crippen LogP contribution < -0.4 is 0 Å². The molecule has 3 rings (SSSR count). The number of halogens is 2. The van der Waals surface area contributed by atoms with Crippen molar-refractivity contribution >= 4 is 35.0 Å². The topological polar surface area (TPSA) is 67.4 Å². The highest BCUT2D eigenvalue weighted by Gasteiger charge is 2.17. The van der Waals surface area contributed by atoms with Gasteiger partial charge in [-0.2, -0.15) is 5.26 Å². The predicted octanol–water partition coefficient (Wildman–Crippen LogP) is 4.25. The third-order valence-corrected chi connectivity index (χ3v) is 4.52. The van der Waals surface area contributed by atoms with Crippen molar-refractivity contribution in [2.45, 2.75) is 5.16 Å². The molecule has 1 aromatic carbocycles. The second-order valence-corrected chi connectivity index (χ2v) is 6.19. The average molecular weight is 362 g/mol. The van der Waals surface area contributed by atoms with Crippen LogP contribution in [0.15, 0.2) is 47.9 Å². The van der Waals surface area contributed by atoms with E-state index in [1.165, 1.54) is 11.8 Å². The largest absolute Gasteiger partial charge is 0.270 e. The second kappa shape index (κ2) is 7.01. The SMILES string of the molecule is N#CCSc1nnc(-c2cccnc2)n1-c1ccc(Cl)c(Cl)c1. The molecule has 0 N–H and O–H groups in total. The van der Waals surface area contributed by atoms with Gasteiger partial charge in [-0.25, -0.2) is 0 Å². The van der Waals surface area contributed by atoms with Crippen molar-refractivity contribution in [2.75, 3.05) is 5.75 Å². The quantitative estimate of drug-likeness (QED) is 0.649. The molecule has 2 aromatic heterocycles. The number of aromatic nitrogens is 4. The predicted molar refractivity (Wildman–Crippen MR) is 90.9 cm³/mol. The minimum atomic E-state index is 0.270. The molecule has 0 aliphatic carbocycles.